The van der Waals surface area contributed by atoms with Gasteiger partial charge in [0.25, 0.3) is 0 Å². The number of ether oxygens (including phenoxy) is 1. The lowest BCUT2D eigenvalue weighted by Gasteiger charge is -2.06. The van der Waals surface area contributed by atoms with E-state index in [1.165, 1.54) is 31.1 Å². The highest BCUT2D eigenvalue weighted by atomic mass is 32.2. The molecule has 0 unspecified atom stereocenters. The number of hydrogen-bond donors (Lipinski definition) is 1. The quantitative estimate of drug-likeness (QED) is 0.735. The topological polar surface area (TPSA) is 95.4 Å². The van der Waals surface area contributed by atoms with Crippen LogP contribution in [-0.4, -0.2) is 32.7 Å². The molecule has 8 heteroatoms. The summed E-state index contributed by atoms with van der Waals surface area (Å²) in [5.74, 6) is -0.494. The maximum Gasteiger partial charge on any atom is 0.340 e. The second-order valence-corrected chi connectivity index (χ2v) is 5.08. The summed E-state index contributed by atoms with van der Waals surface area (Å²) >= 11 is 1.22. The second-order valence-electron chi connectivity index (χ2n) is 4.13. The van der Waals surface area contributed by atoms with Crippen LogP contribution in [0, 0.1) is 0 Å². The van der Waals surface area contributed by atoms with Crippen molar-refractivity contribution in [2.45, 2.75) is 10.2 Å². The molecule has 0 atom stereocenters. The Morgan fingerprint density at radius 2 is 2.24 bits per heavy atom. The van der Waals surface area contributed by atoms with Gasteiger partial charge in [-0.1, -0.05) is 6.07 Å². The van der Waals surface area contributed by atoms with E-state index >= 15 is 0 Å². The molecule has 3 aromatic rings. The fraction of sp³-hybridized carbons (Fsp3) is 0.0769. The molecule has 3 heterocycles. The molecular formula is C13H11N5O2S. The van der Waals surface area contributed by atoms with E-state index in [2.05, 4.69) is 15.2 Å². The van der Waals surface area contributed by atoms with Crippen molar-refractivity contribution < 1.29 is 9.53 Å². The van der Waals surface area contributed by atoms with Crippen LogP contribution in [0.5, 0.6) is 0 Å². The number of nitrogen functional groups attached to an aromatic ring is 1. The van der Waals surface area contributed by atoms with Crippen molar-refractivity contribution in [3.05, 3.63) is 42.2 Å². The standard InChI is InChI=1S/C13H11N5O2S/c1-20-12(19)9-6-8(14)7-15-11(9)21-13-17-16-10-4-2-3-5-18(10)13/h2-7H,14H2,1H3. The van der Waals surface area contributed by atoms with Gasteiger partial charge in [0.1, 0.15) is 5.03 Å². The number of anilines is 1. The van der Waals surface area contributed by atoms with Crippen molar-refractivity contribution in [1.29, 1.82) is 0 Å². The van der Waals surface area contributed by atoms with Crippen LogP contribution in [0.1, 0.15) is 10.4 Å². The molecule has 0 aliphatic carbocycles. The van der Waals surface area contributed by atoms with Gasteiger partial charge in [0, 0.05) is 6.20 Å². The lowest BCUT2D eigenvalue weighted by atomic mass is 10.3. The number of hydrogen-bond acceptors (Lipinski definition) is 7. The van der Waals surface area contributed by atoms with Gasteiger partial charge in [-0.25, -0.2) is 9.78 Å². The van der Waals surface area contributed by atoms with Gasteiger partial charge < -0.3 is 10.5 Å². The van der Waals surface area contributed by atoms with E-state index in [0.29, 0.717) is 21.4 Å². The highest BCUT2D eigenvalue weighted by Crippen LogP contribution is 2.29. The average molecular weight is 301 g/mol. The van der Waals surface area contributed by atoms with Gasteiger partial charge in [-0.2, -0.15) is 0 Å². The first-order valence-corrected chi connectivity index (χ1v) is 6.82. The first-order valence-electron chi connectivity index (χ1n) is 6.00. The summed E-state index contributed by atoms with van der Waals surface area (Å²) in [7, 11) is 1.31. The Hall–Kier alpha value is -2.61. The molecular weight excluding hydrogens is 290 g/mol. The van der Waals surface area contributed by atoms with Gasteiger partial charge in [-0.3, -0.25) is 4.40 Å². The van der Waals surface area contributed by atoms with Crippen LogP contribution >= 0.6 is 11.8 Å². The fourth-order valence-corrected chi connectivity index (χ4v) is 2.65. The molecule has 0 radical (unpaired) electrons. The summed E-state index contributed by atoms with van der Waals surface area (Å²) in [5, 5.41) is 9.21. The third-order valence-electron chi connectivity index (χ3n) is 2.75. The van der Waals surface area contributed by atoms with Crippen LogP contribution in [0.2, 0.25) is 0 Å². The summed E-state index contributed by atoms with van der Waals surface area (Å²) in [4.78, 5) is 16.0. The SMILES string of the molecule is COC(=O)c1cc(N)cnc1Sc1nnc2ccccn12. The van der Waals surface area contributed by atoms with E-state index < -0.39 is 5.97 Å². The molecule has 106 valence electrons. The van der Waals surface area contributed by atoms with E-state index in [9.17, 15) is 4.79 Å². The number of rotatable bonds is 3. The zero-order valence-corrected chi connectivity index (χ0v) is 11.9. The molecule has 3 aromatic heterocycles. The van der Waals surface area contributed by atoms with Crippen molar-refractivity contribution >= 4 is 29.1 Å². The minimum atomic E-state index is -0.494. The Bertz CT molecular complexity index is 817. The van der Waals surface area contributed by atoms with Crippen LogP contribution in [0.25, 0.3) is 5.65 Å². The van der Waals surface area contributed by atoms with Crippen molar-refractivity contribution in [2.75, 3.05) is 12.8 Å². The lowest BCUT2D eigenvalue weighted by Crippen LogP contribution is -2.06. The number of pyridine rings is 2. The Labute approximate surface area is 124 Å². The van der Waals surface area contributed by atoms with E-state index in [1.54, 1.807) is 0 Å². The molecule has 0 aliphatic rings. The van der Waals surface area contributed by atoms with Crippen LogP contribution in [-0.2, 0) is 4.74 Å². The molecule has 0 amide bonds. The normalized spacial score (nSPS) is 10.7. The summed E-state index contributed by atoms with van der Waals surface area (Å²) < 4.78 is 6.56. The summed E-state index contributed by atoms with van der Waals surface area (Å²) in [5.41, 5.74) is 7.08. The van der Waals surface area contributed by atoms with Crippen LogP contribution < -0.4 is 5.73 Å². The van der Waals surface area contributed by atoms with Crippen LogP contribution in [0.3, 0.4) is 0 Å². The predicted molar refractivity (Wildman–Crippen MR) is 77.1 cm³/mol. The smallest absolute Gasteiger partial charge is 0.340 e. The zero-order valence-electron chi connectivity index (χ0n) is 11.1. The molecule has 0 aromatic carbocycles. The Morgan fingerprint density at radius 3 is 3.05 bits per heavy atom. The third kappa shape index (κ3) is 2.52. The number of aromatic nitrogens is 4. The van der Waals surface area contributed by atoms with E-state index in [4.69, 9.17) is 10.5 Å². The molecule has 0 saturated heterocycles. The third-order valence-corrected chi connectivity index (χ3v) is 3.73. The number of esters is 1. The Balaban J connectivity index is 2.03. The fourth-order valence-electron chi connectivity index (χ4n) is 1.78. The van der Waals surface area contributed by atoms with Crippen LogP contribution in [0.15, 0.2) is 46.8 Å². The van der Waals surface area contributed by atoms with Crippen molar-refractivity contribution in [3.8, 4) is 0 Å². The number of carbonyl (C=O) groups excluding carboxylic acids is 1. The van der Waals surface area contributed by atoms with Gasteiger partial charge in [0.15, 0.2) is 5.65 Å². The molecule has 0 saturated carbocycles. The van der Waals surface area contributed by atoms with Gasteiger partial charge in [-0.15, -0.1) is 10.2 Å². The zero-order chi connectivity index (χ0) is 14.8. The second kappa shape index (κ2) is 5.41. The highest BCUT2D eigenvalue weighted by molar-refractivity contribution is 7.99. The number of methoxy groups -OCH3 is 1. The average Bonchev–Trinajstić information content (AvgIpc) is 2.91. The Kier molecular flexibility index (Phi) is 3.44. The lowest BCUT2D eigenvalue weighted by molar-refractivity contribution is 0.0596. The molecule has 21 heavy (non-hydrogen) atoms. The number of nitrogens with zero attached hydrogens (tertiary/aromatic N) is 4. The van der Waals surface area contributed by atoms with Gasteiger partial charge in [-0.05, 0) is 30.0 Å². The van der Waals surface area contributed by atoms with Gasteiger partial charge >= 0.3 is 5.97 Å². The Morgan fingerprint density at radius 1 is 1.38 bits per heavy atom. The molecule has 0 spiro atoms. The number of nitrogens with two attached hydrogens (primary N) is 1. The summed E-state index contributed by atoms with van der Waals surface area (Å²) in [6.07, 6.45) is 3.32. The summed E-state index contributed by atoms with van der Waals surface area (Å²) in [6.45, 7) is 0. The maximum atomic E-state index is 11.8. The molecule has 0 fully saturated rings. The minimum Gasteiger partial charge on any atom is -0.465 e. The number of fused-ring (bicyclic) bond motifs is 1. The van der Waals surface area contributed by atoms with Gasteiger partial charge in [0.05, 0.1) is 24.6 Å². The number of carbonyl (C=O) groups is 1. The minimum absolute atomic E-state index is 0.301. The molecule has 0 aliphatic heterocycles. The molecule has 2 N–H and O–H groups in total. The first kappa shape index (κ1) is 13.4. The van der Waals surface area contributed by atoms with E-state index in [1.807, 2.05) is 28.8 Å². The molecule has 3 rings (SSSR count). The first-order chi connectivity index (χ1) is 10.2. The predicted octanol–water partition coefficient (Wildman–Crippen LogP) is 1.64. The summed E-state index contributed by atoms with van der Waals surface area (Å²) in [6, 6.07) is 7.12. The maximum absolute atomic E-state index is 11.8. The van der Waals surface area contributed by atoms with Gasteiger partial charge in [0.2, 0.25) is 5.16 Å². The van der Waals surface area contributed by atoms with Crippen molar-refractivity contribution in [2.24, 2.45) is 0 Å². The van der Waals surface area contributed by atoms with Crippen LogP contribution in [0.4, 0.5) is 5.69 Å². The van der Waals surface area contributed by atoms with E-state index in [-0.39, 0.29) is 0 Å². The largest absolute Gasteiger partial charge is 0.465 e. The van der Waals surface area contributed by atoms with E-state index in [0.717, 1.165) is 5.65 Å². The molecule has 7 nitrogen and oxygen atoms in total. The highest BCUT2D eigenvalue weighted by Gasteiger charge is 2.17. The van der Waals surface area contributed by atoms with Crippen molar-refractivity contribution in [3.63, 3.8) is 0 Å². The molecule has 0 bridgehead atoms. The monoisotopic (exact) mass is 301 g/mol. The van der Waals surface area contributed by atoms with Crippen molar-refractivity contribution in [1.82, 2.24) is 19.6 Å².